The Hall–Kier alpha value is -1.89. The van der Waals surface area contributed by atoms with Crippen molar-refractivity contribution < 1.29 is 14.3 Å². The summed E-state index contributed by atoms with van der Waals surface area (Å²) in [6.07, 6.45) is 0.706. The molecule has 2 rings (SSSR count). The first-order valence-electron chi connectivity index (χ1n) is 7.49. The molecule has 1 aromatic heterocycles. The van der Waals surface area contributed by atoms with Crippen LogP contribution in [0.15, 0.2) is 21.9 Å². The summed E-state index contributed by atoms with van der Waals surface area (Å²) in [6.45, 7) is 7.39. The second-order valence-electron chi connectivity index (χ2n) is 5.89. The Bertz CT molecular complexity index is 648. The van der Waals surface area contributed by atoms with E-state index in [1.807, 2.05) is 20.8 Å². The van der Waals surface area contributed by atoms with Gasteiger partial charge in [-0.3, -0.25) is 19.1 Å². The summed E-state index contributed by atoms with van der Waals surface area (Å²) in [5.74, 6) is -0.214. The van der Waals surface area contributed by atoms with E-state index < -0.39 is 29.6 Å². The van der Waals surface area contributed by atoms with E-state index in [2.05, 4.69) is 4.98 Å². The van der Waals surface area contributed by atoms with Crippen molar-refractivity contribution in [3.8, 4) is 0 Å². The molecule has 7 heteroatoms. The Balaban J connectivity index is 2.45. The van der Waals surface area contributed by atoms with Crippen LogP contribution in [0.3, 0.4) is 0 Å². The number of ether oxygens (including phenoxy) is 2. The molecule has 0 amide bonds. The number of hydrogen-bond donors (Lipinski definition) is 1. The van der Waals surface area contributed by atoms with Crippen molar-refractivity contribution in [2.24, 2.45) is 11.8 Å². The third-order valence-corrected chi connectivity index (χ3v) is 4.00. The van der Waals surface area contributed by atoms with Crippen molar-refractivity contribution in [1.29, 1.82) is 0 Å². The van der Waals surface area contributed by atoms with E-state index in [0.29, 0.717) is 0 Å². The maximum atomic E-state index is 12.0. The molecule has 22 heavy (non-hydrogen) atoms. The van der Waals surface area contributed by atoms with Gasteiger partial charge >= 0.3 is 11.7 Å². The molecule has 0 aromatic carbocycles. The molecular formula is C15H22N2O5. The van der Waals surface area contributed by atoms with E-state index in [1.165, 1.54) is 23.8 Å². The third-order valence-electron chi connectivity index (χ3n) is 4.00. The molecule has 0 aliphatic carbocycles. The van der Waals surface area contributed by atoms with E-state index in [9.17, 15) is 14.4 Å². The van der Waals surface area contributed by atoms with Crippen LogP contribution in [0.2, 0.25) is 0 Å². The lowest BCUT2D eigenvalue weighted by atomic mass is 9.85. The molecule has 1 saturated heterocycles. The number of H-pyrrole nitrogens is 1. The molecule has 1 aliphatic rings. The average Bonchev–Trinajstić information content (AvgIpc) is 2.76. The summed E-state index contributed by atoms with van der Waals surface area (Å²) in [5, 5.41) is 0. The van der Waals surface area contributed by atoms with Crippen LogP contribution < -0.4 is 11.2 Å². The predicted octanol–water partition coefficient (Wildman–Crippen LogP) is 1.05. The number of aromatic nitrogens is 2. The molecule has 122 valence electrons. The van der Waals surface area contributed by atoms with E-state index in [1.54, 1.807) is 0 Å². The highest BCUT2D eigenvalue weighted by atomic mass is 16.6. The Kier molecular flexibility index (Phi) is 4.85. The molecule has 1 aliphatic heterocycles. The number of hydrogen-bond acceptors (Lipinski definition) is 5. The lowest BCUT2D eigenvalue weighted by Gasteiger charge is -2.26. The summed E-state index contributed by atoms with van der Waals surface area (Å²) in [4.78, 5) is 36.9. The van der Waals surface area contributed by atoms with Crippen LogP contribution in [-0.4, -0.2) is 27.7 Å². The Labute approximate surface area is 128 Å². The summed E-state index contributed by atoms with van der Waals surface area (Å²) in [7, 11) is 0. The second-order valence-corrected chi connectivity index (χ2v) is 5.89. The van der Waals surface area contributed by atoms with Gasteiger partial charge in [-0.2, -0.15) is 0 Å². The highest BCUT2D eigenvalue weighted by Gasteiger charge is 2.48. The van der Waals surface area contributed by atoms with Gasteiger partial charge in [0.05, 0.1) is 6.10 Å². The smallest absolute Gasteiger partial charge is 0.330 e. The topological polar surface area (TPSA) is 90.4 Å². The molecule has 4 atom stereocenters. The molecule has 0 radical (unpaired) electrons. The maximum absolute atomic E-state index is 12.0. The standard InChI is InChI=1S/C15H22N2O5/c1-5-10-12(8(2)3)13(21-9(4)18)14(22-10)17-7-6-11(19)16-15(17)20/h6-8,10,12-14H,5H2,1-4H3,(H,16,19,20)/t10-,12-,13-,14-/m1/s1. The number of nitrogens with one attached hydrogen (secondary N) is 1. The zero-order valence-electron chi connectivity index (χ0n) is 13.2. The normalized spacial score (nSPS) is 28.0. The van der Waals surface area contributed by atoms with E-state index in [4.69, 9.17) is 9.47 Å². The minimum absolute atomic E-state index is 0.0160. The summed E-state index contributed by atoms with van der Waals surface area (Å²) < 4.78 is 12.7. The minimum atomic E-state index is -0.731. The average molecular weight is 310 g/mol. The predicted molar refractivity (Wildman–Crippen MR) is 79.4 cm³/mol. The fourth-order valence-corrected chi connectivity index (χ4v) is 3.11. The van der Waals surface area contributed by atoms with Gasteiger partial charge in [-0.05, 0) is 12.3 Å². The van der Waals surface area contributed by atoms with Crippen LogP contribution in [0.25, 0.3) is 0 Å². The summed E-state index contributed by atoms with van der Waals surface area (Å²) in [6, 6.07) is 1.25. The first-order valence-corrected chi connectivity index (χ1v) is 7.49. The number of nitrogens with zero attached hydrogens (tertiary/aromatic N) is 1. The van der Waals surface area contributed by atoms with Gasteiger partial charge in [0.1, 0.15) is 0 Å². The highest BCUT2D eigenvalue weighted by Crippen LogP contribution is 2.40. The van der Waals surface area contributed by atoms with Gasteiger partial charge in [0.2, 0.25) is 0 Å². The van der Waals surface area contributed by atoms with Gasteiger partial charge in [-0.25, -0.2) is 4.79 Å². The largest absolute Gasteiger partial charge is 0.457 e. The lowest BCUT2D eigenvalue weighted by molar-refractivity contribution is -0.154. The second kappa shape index (κ2) is 6.48. The van der Waals surface area contributed by atoms with Gasteiger partial charge in [-0.1, -0.05) is 20.8 Å². The van der Waals surface area contributed by atoms with Gasteiger partial charge in [0.15, 0.2) is 12.3 Å². The molecule has 1 aromatic rings. The van der Waals surface area contributed by atoms with Crippen molar-refractivity contribution in [2.45, 2.75) is 52.6 Å². The van der Waals surface area contributed by atoms with Crippen LogP contribution in [-0.2, 0) is 14.3 Å². The molecule has 0 bridgehead atoms. The SMILES string of the molecule is CC[C@H]1O[C@@H](n2ccc(=O)[nH]c2=O)[C@H](OC(C)=O)[C@@H]1C(C)C. The summed E-state index contributed by atoms with van der Waals surface area (Å²) >= 11 is 0. The zero-order valence-corrected chi connectivity index (χ0v) is 13.2. The van der Waals surface area contributed by atoms with E-state index >= 15 is 0 Å². The van der Waals surface area contributed by atoms with Gasteiger partial charge in [0, 0.05) is 25.1 Å². The van der Waals surface area contributed by atoms with Crippen molar-refractivity contribution in [2.75, 3.05) is 0 Å². The monoisotopic (exact) mass is 310 g/mol. The van der Waals surface area contributed by atoms with Crippen molar-refractivity contribution in [3.63, 3.8) is 0 Å². The van der Waals surface area contributed by atoms with Gasteiger partial charge in [0.25, 0.3) is 5.56 Å². The van der Waals surface area contributed by atoms with Gasteiger partial charge < -0.3 is 9.47 Å². The molecule has 2 heterocycles. The Morgan fingerprint density at radius 3 is 2.64 bits per heavy atom. The van der Waals surface area contributed by atoms with Gasteiger partial charge in [-0.15, -0.1) is 0 Å². The first kappa shape index (κ1) is 16.5. The quantitative estimate of drug-likeness (QED) is 0.839. The van der Waals surface area contributed by atoms with E-state index in [-0.39, 0.29) is 17.9 Å². The molecule has 7 nitrogen and oxygen atoms in total. The van der Waals surface area contributed by atoms with Crippen molar-refractivity contribution in [3.05, 3.63) is 33.1 Å². The molecule has 0 unspecified atom stereocenters. The van der Waals surface area contributed by atoms with E-state index in [0.717, 1.165) is 6.42 Å². The first-order chi connectivity index (χ1) is 10.3. The fourth-order valence-electron chi connectivity index (χ4n) is 3.11. The number of carbonyl (C=O) groups is 1. The Morgan fingerprint density at radius 1 is 1.45 bits per heavy atom. The summed E-state index contributed by atoms with van der Waals surface area (Å²) in [5.41, 5.74) is -1.05. The third kappa shape index (κ3) is 3.14. The van der Waals surface area contributed by atoms with Crippen LogP contribution in [0, 0.1) is 11.8 Å². The number of rotatable bonds is 4. The fraction of sp³-hybridized carbons (Fsp3) is 0.667. The van der Waals surface area contributed by atoms with Crippen molar-refractivity contribution >= 4 is 5.97 Å². The lowest BCUT2D eigenvalue weighted by Crippen LogP contribution is -2.39. The number of esters is 1. The van der Waals surface area contributed by atoms with Crippen LogP contribution in [0.5, 0.6) is 0 Å². The number of aromatic amines is 1. The highest BCUT2D eigenvalue weighted by molar-refractivity contribution is 5.66. The van der Waals surface area contributed by atoms with Crippen LogP contribution in [0.4, 0.5) is 0 Å². The number of carbonyl (C=O) groups excluding carboxylic acids is 1. The molecule has 0 spiro atoms. The van der Waals surface area contributed by atoms with Crippen LogP contribution >= 0.6 is 0 Å². The Morgan fingerprint density at radius 2 is 2.14 bits per heavy atom. The maximum Gasteiger partial charge on any atom is 0.330 e. The van der Waals surface area contributed by atoms with Crippen LogP contribution in [0.1, 0.15) is 40.3 Å². The molecule has 0 saturated carbocycles. The minimum Gasteiger partial charge on any atom is -0.457 e. The van der Waals surface area contributed by atoms with Crippen molar-refractivity contribution in [1.82, 2.24) is 9.55 Å². The molecular weight excluding hydrogens is 288 g/mol. The zero-order chi connectivity index (χ0) is 16.4. The molecule has 1 fully saturated rings. The molecule has 1 N–H and O–H groups in total.